The van der Waals surface area contributed by atoms with Crippen molar-refractivity contribution >= 4 is 32.7 Å². The molecule has 2 atom stereocenters. The zero-order valence-corrected chi connectivity index (χ0v) is 21.8. The normalized spacial score (nSPS) is 18.0. The van der Waals surface area contributed by atoms with Crippen LogP contribution < -0.4 is 10.6 Å². The summed E-state index contributed by atoms with van der Waals surface area (Å²) in [7, 11) is -3.85. The van der Waals surface area contributed by atoms with Crippen molar-refractivity contribution in [2.24, 2.45) is 0 Å². The third-order valence-corrected chi connectivity index (χ3v) is 8.26. The fourth-order valence-electron chi connectivity index (χ4n) is 4.64. The molecule has 2 amide bonds. The second kappa shape index (κ2) is 10.4. The van der Waals surface area contributed by atoms with Crippen LogP contribution in [0.2, 0.25) is 0 Å². The van der Waals surface area contributed by atoms with E-state index in [1.54, 1.807) is 18.2 Å². The fourth-order valence-corrected chi connectivity index (χ4v) is 6.31. The smallest absolute Gasteiger partial charge is 0.243 e. The first kappa shape index (κ1) is 25.9. The topological polar surface area (TPSA) is 111 Å². The molecule has 1 aliphatic rings. The summed E-state index contributed by atoms with van der Waals surface area (Å²) < 4.78 is 28.0. The maximum Gasteiger partial charge on any atom is 0.243 e. The van der Waals surface area contributed by atoms with Crippen LogP contribution in [0.25, 0.3) is 10.9 Å². The Morgan fingerprint density at radius 3 is 2.47 bits per heavy atom. The average molecular weight is 511 g/mol. The van der Waals surface area contributed by atoms with Gasteiger partial charge in [0.05, 0.1) is 4.90 Å². The highest BCUT2D eigenvalue weighted by atomic mass is 32.2. The van der Waals surface area contributed by atoms with E-state index >= 15 is 0 Å². The number of H-pyrrole nitrogens is 1. The number of amides is 2. The van der Waals surface area contributed by atoms with Crippen LogP contribution in [0.1, 0.15) is 45.6 Å². The van der Waals surface area contributed by atoms with Crippen molar-refractivity contribution in [2.75, 3.05) is 6.54 Å². The molecule has 9 heteroatoms. The average Bonchev–Trinajstić information content (AvgIpc) is 3.26. The number of carbonyl (C=O) groups excluding carboxylic acids is 2. The Bertz CT molecular complexity index is 1330. The number of aromatic nitrogens is 1. The van der Waals surface area contributed by atoms with Gasteiger partial charge in [0.1, 0.15) is 12.1 Å². The van der Waals surface area contributed by atoms with Gasteiger partial charge >= 0.3 is 0 Å². The lowest BCUT2D eigenvalue weighted by Gasteiger charge is -2.35. The lowest BCUT2D eigenvalue weighted by molar-refractivity contribution is -0.132. The minimum absolute atomic E-state index is 0.158. The minimum Gasteiger partial charge on any atom is -0.361 e. The molecule has 3 N–H and O–H groups in total. The molecule has 36 heavy (non-hydrogen) atoms. The second-order valence-corrected chi connectivity index (χ2v) is 12.2. The number of sulfonamides is 1. The first-order chi connectivity index (χ1) is 17.1. The van der Waals surface area contributed by atoms with Crippen LogP contribution in [-0.2, 0) is 26.0 Å². The standard InChI is InChI=1S/C27H34N4O4S/c1-27(2,3)30-25(32)23(17-19-18-28-22-14-8-7-13-21(19)22)29-26(33)24-15-9-10-16-31(24)36(34,35)20-11-5-4-6-12-20/h4-8,11-14,18,23-24,28H,9-10,15-17H2,1-3H3,(H,29,33)(H,30,32)/t23-,24-/m0/s1. The molecule has 3 aromatic rings. The highest BCUT2D eigenvalue weighted by Crippen LogP contribution is 2.26. The van der Waals surface area contributed by atoms with E-state index in [4.69, 9.17) is 0 Å². The summed E-state index contributed by atoms with van der Waals surface area (Å²) in [4.78, 5) is 30.2. The molecule has 4 rings (SSSR count). The van der Waals surface area contributed by atoms with E-state index in [1.807, 2.05) is 51.2 Å². The van der Waals surface area contributed by atoms with Crippen LogP contribution in [-0.4, -0.2) is 53.7 Å². The van der Waals surface area contributed by atoms with Crippen molar-refractivity contribution in [1.29, 1.82) is 0 Å². The lowest BCUT2D eigenvalue weighted by Crippen LogP contribution is -2.58. The van der Waals surface area contributed by atoms with E-state index < -0.39 is 33.6 Å². The molecule has 0 unspecified atom stereocenters. The number of hydrogen-bond acceptors (Lipinski definition) is 4. The van der Waals surface area contributed by atoms with Crippen LogP contribution in [0.5, 0.6) is 0 Å². The Hall–Kier alpha value is -3.17. The Kier molecular flexibility index (Phi) is 7.51. The van der Waals surface area contributed by atoms with Crippen LogP contribution in [0.15, 0.2) is 65.7 Å². The van der Waals surface area contributed by atoms with Crippen LogP contribution >= 0.6 is 0 Å². The van der Waals surface area contributed by atoms with Crippen molar-refractivity contribution in [3.63, 3.8) is 0 Å². The summed E-state index contributed by atoms with van der Waals surface area (Å²) in [5.41, 5.74) is 1.35. The molecule has 0 aliphatic carbocycles. The van der Waals surface area contributed by atoms with E-state index in [0.29, 0.717) is 12.8 Å². The quantitative estimate of drug-likeness (QED) is 0.453. The van der Waals surface area contributed by atoms with Crippen molar-refractivity contribution in [1.82, 2.24) is 19.9 Å². The fraction of sp³-hybridized carbons (Fsp3) is 0.407. The second-order valence-electron chi connectivity index (χ2n) is 10.3. The monoisotopic (exact) mass is 510 g/mol. The number of rotatable bonds is 7. The van der Waals surface area contributed by atoms with Crippen molar-refractivity contribution in [3.05, 3.63) is 66.4 Å². The maximum atomic E-state index is 13.6. The number of carbonyl (C=O) groups is 2. The number of para-hydroxylation sites is 1. The molecule has 0 saturated carbocycles. The van der Waals surface area contributed by atoms with E-state index in [-0.39, 0.29) is 23.8 Å². The molecule has 1 aliphatic heterocycles. The molecule has 1 fully saturated rings. The van der Waals surface area contributed by atoms with Crippen LogP contribution in [0.4, 0.5) is 0 Å². The number of piperidine rings is 1. The summed E-state index contributed by atoms with van der Waals surface area (Å²) in [6.07, 6.45) is 3.94. The van der Waals surface area contributed by atoms with E-state index in [0.717, 1.165) is 22.9 Å². The van der Waals surface area contributed by atoms with Gasteiger partial charge in [0.15, 0.2) is 0 Å². The van der Waals surface area contributed by atoms with Crippen LogP contribution in [0.3, 0.4) is 0 Å². The third kappa shape index (κ3) is 5.79. The van der Waals surface area contributed by atoms with Gasteiger partial charge in [-0.05, 0) is 57.4 Å². The Morgan fingerprint density at radius 1 is 1.06 bits per heavy atom. The van der Waals surface area contributed by atoms with Gasteiger partial charge in [0.25, 0.3) is 0 Å². The summed E-state index contributed by atoms with van der Waals surface area (Å²) >= 11 is 0. The summed E-state index contributed by atoms with van der Waals surface area (Å²) in [6.45, 7) is 5.90. The van der Waals surface area contributed by atoms with E-state index in [1.165, 1.54) is 16.4 Å². The zero-order chi connectivity index (χ0) is 25.9. The molecular formula is C27H34N4O4S. The van der Waals surface area contributed by atoms with Gasteiger partial charge in [-0.2, -0.15) is 4.31 Å². The summed E-state index contributed by atoms with van der Waals surface area (Å²) in [5.74, 6) is -0.766. The summed E-state index contributed by atoms with van der Waals surface area (Å²) in [5, 5.41) is 6.83. The molecule has 2 heterocycles. The largest absolute Gasteiger partial charge is 0.361 e. The Labute approximate surface area is 212 Å². The van der Waals surface area contributed by atoms with Gasteiger partial charge < -0.3 is 15.6 Å². The molecular weight excluding hydrogens is 476 g/mol. The molecule has 1 aromatic heterocycles. The highest BCUT2D eigenvalue weighted by Gasteiger charge is 2.39. The maximum absolute atomic E-state index is 13.6. The Balaban J connectivity index is 1.60. The van der Waals surface area contributed by atoms with Gasteiger partial charge in [-0.3, -0.25) is 9.59 Å². The SMILES string of the molecule is CC(C)(C)NC(=O)[C@H](Cc1c[nH]c2ccccc12)NC(=O)[C@@H]1CCCCN1S(=O)(=O)c1ccccc1. The number of fused-ring (bicyclic) bond motifs is 1. The summed E-state index contributed by atoms with van der Waals surface area (Å²) in [6, 6.07) is 14.2. The van der Waals surface area contributed by atoms with E-state index in [9.17, 15) is 18.0 Å². The number of nitrogens with zero attached hydrogens (tertiary/aromatic N) is 1. The first-order valence-corrected chi connectivity index (χ1v) is 13.7. The highest BCUT2D eigenvalue weighted by molar-refractivity contribution is 7.89. The number of nitrogens with one attached hydrogen (secondary N) is 3. The molecule has 0 spiro atoms. The van der Waals surface area contributed by atoms with E-state index in [2.05, 4.69) is 15.6 Å². The van der Waals surface area contributed by atoms with Crippen molar-refractivity contribution < 1.29 is 18.0 Å². The molecule has 2 aromatic carbocycles. The predicted molar refractivity (Wildman–Crippen MR) is 140 cm³/mol. The molecule has 8 nitrogen and oxygen atoms in total. The van der Waals surface area contributed by atoms with Gasteiger partial charge in [-0.15, -0.1) is 0 Å². The van der Waals surface area contributed by atoms with Gasteiger partial charge in [0, 0.05) is 35.6 Å². The van der Waals surface area contributed by atoms with Crippen molar-refractivity contribution in [3.8, 4) is 0 Å². The van der Waals surface area contributed by atoms with Crippen LogP contribution in [0, 0.1) is 0 Å². The first-order valence-electron chi connectivity index (χ1n) is 12.3. The van der Waals surface area contributed by atoms with Gasteiger partial charge in [0.2, 0.25) is 21.8 Å². The number of aromatic amines is 1. The number of hydrogen-bond donors (Lipinski definition) is 3. The van der Waals surface area contributed by atoms with Crippen molar-refractivity contribution in [2.45, 2.75) is 69.0 Å². The predicted octanol–water partition coefficient (Wildman–Crippen LogP) is 3.35. The van der Waals surface area contributed by atoms with Gasteiger partial charge in [-0.25, -0.2) is 8.42 Å². The molecule has 1 saturated heterocycles. The zero-order valence-electron chi connectivity index (χ0n) is 21.0. The minimum atomic E-state index is -3.85. The Morgan fingerprint density at radius 2 is 1.75 bits per heavy atom. The lowest BCUT2D eigenvalue weighted by atomic mass is 10.0. The molecule has 192 valence electrons. The third-order valence-electron chi connectivity index (χ3n) is 6.34. The molecule has 0 bridgehead atoms. The molecule has 0 radical (unpaired) electrons. The van der Waals surface area contributed by atoms with Gasteiger partial charge in [-0.1, -0.05) is 42.8 Å². The number of benzene rings is 2.